The number of likely N-dealkylation sites (tertiary alicyclic amines) is 1. The number of carboxylic acids is 1. The number of imide groups is 1. The summed E-state index contributed by atoms with van der Waals surface area (Å²) in [6.45, 7) is 3.83. The van der Waals surface area contributed by atoms with E-state index in [2.05, 4.69) is 5.32 Å². The van der Waals surface area contributed by atoms with Gasteiger partial charge in [-0.1, -0.05) is 35.9 Å². The van der Waals surface area contributed by atoms with Crippen molar-refractivity contribution in [1.29, 1.82) is 0 Å². The highest BCUT2D eigenvalue weighted by atomic mass is 35.5. The van der Waals surface area contributed by atoms with E-state index in [0.29, 0.717) is 21.8 Å². The zero-order valence-electron chi connectivity index (χ0n) is 18.8. The van der Waals surface area contributed by atoms with Gasteiger partial charge in [0.25, 0.3) is 5.91 Å². The average molecular weight is 482 g/mol. The lowest BCUT2D eigenvalue weighted by molar-refractivity contribution is -0.734. The molecule has 4 atom stereocenters. The van der Waals surface area contributed by atoms with E-state index in [0.717, 1.165) is 11.1 Å². The number of hydrogen-bond donors (Lipinski definition) is 2. The van der Waals surface area contributed by atoms with Crippen molar-refractivity contribution in [1.82, 2.24) is 4.90 Å². The summed E-state index contributed by atoms with van der Waals surface area (Å²) in [6, 6.07) is 10.1. The van der Waals surface area contributed by atoms with E-state index in [-0.39, 0.29) is 25.3 Å². The Labute approximate surface area is 201 Å². The lowest BCUT2D eigenvalue weighted by Crippen LogP contribution is -2.99. The van der Waals surface area contributed by atoms with Gasteiger partial charge in [-0.3, -0.25) is 19.3 Å². The summed E-state index contributed by atoms with van der Waals surface area (Å²) in [7, 11) is 0. The summed E-state index contributed by atoms with van der Waals surface area (Å²) in [4.78, 5) is 53.3. The van der Waals surface area contributed by atoms with Crippen molar-refractivity contribution in [3.05, 3.63) is 63.7 Å². The number of quaternary nitrogens is 1. The molecule has 3 N–H and O–H groups in total. The summed E-state index contributed by atoms with van der Waals surface area (Å²) in [5.74, 6) is -4.22. The van der Waals surface area contributed by atoms with Crippen LogP contribution >= 0.6 is 11.6 Å². The molecule has 9 heteroatoms. The molecule has 176 valence electrons. The third-order valence-electron chi connectivity index (χ3n) is 7.64. The second-order valence-electron chi connectivity index (χ2n) is 9.35. The van der Waals surface area contributed by atoms with Gasteiger partial charge < -0.3 is 20.5 Å². The largest absolute Gasteiger partial charge is 0.550 e. The number of aryl methyl sites for hydroxylation is 1. The molecule has 0 aromatic heterocycles. The Hall–Kier alpha value is -3.23. The molecule has 1 spiro atoms. The number of carboxylic acid groups (broad SMARTS) is 1. The second-order valence-corrected chi connectivity index (χ2v) is 9.76. The minimum absolute atomic E-state index is 0.00493. The van der Waals surface area contributed by atoms with Crippen molar-refractivity contribution in [2.75, 3.05) is 5.32 Å². The normalized spacial score (nSPS) is 27.3. The number of carbonyl (C=O) groups is 4. The molecule has 0 saturated carbocycles. The zero-order valence-corrected chi connectivity index (χ0v) is 19.5. The molecule has 5 rings (SSSR count). The molecule has 3 aliphatic rings. The van der Waals surface area contributed by atoms with E-state index in [9.17, 15) is 24.3 Å². The first-order valence-corrected chi connectivity index (χ1v) is 11.6. The summed E-state index contributed by atoms with van der Waals surface area (Å²) < 4.78 is 0. The van der Waals surface area contributed by atoms with Crippen LogP contribution in [0.5, 0.6) is 0 Å². The Balaban J connectivity index is 1.61. The second kappa shape index (κ2) is 7.92. The van der Waals surface area contributed by atoms with Gasteiger partial charge in [-0.2, -0.15) is 0 Å². The number of nitrogens with zero attached hydrogens (tertiary/aromatic N) is 1. The number of fused-ring (bicyclic) bond motifs is 4. The van der Waals surface area contributed by atoms with Gasteiger partial charge in [0.15, 0.2) is 0 Å². The van der Waals surface area contributed by atoms with E-state index < -0.39 is 41.2 Å². The van der Waals surface area contributed by atoms with Gasteiger partial charge in [0.1, 0.15) is 17.9 Å². The van der Waals surface area contributed by atoms with Gasteiger partial charge in [0, 0.05) is 23.0 Å². The highest BCUT2D eigenvalue weighted by Gasteiger charge is 2.74. The number of nitrogens with one attached hydrogen (secondary N) is 1. The van der Waals surface area contributed by atoms with E-state index in [1.54, 1.807) is 29.6 Å². The molecule has 2 aromatic rings. The quantitative estimate of drug-likeness (QED) is 0.598. The maximum atomic E-state index is 13.8. The highest BCUT2D eigenvalue weighted by Crippen LogP contribution is 2.50. The summed E-state index contributed by atoms with van der Waals surface area (Å²) >= 11 is 6.28. The van der Waals surface area contributed by atoms with E-state index in [1.165, 1.54) is 4.90 Å². The number of amides is 3. The number of rotatable bonds is 5. The van der Waals surface area contributed by atoms with Crippen molar-refractivity contribution >= 4 is 41.0 Å². The van der Waals surface area contributed by atoms with Crippen molar-refractivity contribution in [2.45, 2.75) is 44.8 Å². The van der Waals surface area contributed by atoms with Crippen LogP contribution in [-0.2, 0) is 31.3 Å². The molecule has 8 nitrogen and oxygen atoms in total. The van der Waals surface area contributed by atoms with Crippen molar-refractivity contribution in [3.8, 4) is 0 Å². The molecule has 0 unspecified atom stereocenters. The predicted octanol–water partition coefficient (Wildman–Crippen LogP) is 0.381. The van der Waals surface area contributed by atoms with Gasteiger partial charge in [-0.25, -0.2) is 0 Å². The summed E-state index contributed by atoms with van der Waals surface area (Å²) in [5, 5.41) is 16.3. The van der Waals surface area contributed by atoms with Crippen LogP contribution in [0.3, 0.4) is 0 Å². The molecule has 0 aliphatic carbocycles. The Kier molecular flexibility index (Phi) is 5.26. The fourth-order valence-electron chi connectivity index (χ4n) is 5.84. The van der Waals surface area contributed by atoms with Crippen LogP contribution in [0.4, 0.5) is 5.69 Å². The first-order chi connectivity index (χ1) is 16.2. The molecule has 0 radical (unpaired) electrons. The molecule has 0 bridgehead atoms. The van der Waals surface area contributed by atoms with Crippen LogP contribution in [0.15, 0.2) is 36.4 Å². The zero-order chi connectivity index (χ0) is 24.4. The monoisotopic (exact) mass is 481 g/mol. The Morgan fingerprint density at radius 2 is 1.88 bits per heavy atom. The number of anilines is 1. The number of nitrogens with two attached hydrogens (primary N) is 1. The Morgan fingerprint density at radius 3 is 2.59 bits per heavy atom. The van der Waals surface area contributed by atoms with Crippen molar-refractivity contribution in [3.63, 3.8) is 0 Å². The van der Waals surface area contributed by atoms with Crippen LogP contribution in [0.25, 0.3) is 0 Å². The van der Waals surface area contributed by atoms with Gasteiger partial charge in [0.05, 0.1) is 12.2 Å². The average Bonchev–Trinajstić information content (AvgIpc) is 3.37. The maximum Gasteiger partial charge on any atom is 0.291 e. The van der Waals surface area contributed by atoms with Crippen LogP contribution in [0, 0.1) is 25.7 Å². The number of halogens is 1. The third kappa shape index (κ3) is 3.09. The number of aliphatic carboxylic acids is 1. The van der Waals surface area contributed by atoms with Gasteiger partial charge in [-0.15, -0.1) is 0 Å². The van der Waals surface area contributed by atoms with Gasteiger partial charge >= 0.3 is 0 Å². The molecule has 3 amide bonds. The van der Waals surface area contributed by atoms with Crippen LogP contribution in [0.1, 0.15) is 35.1 Å². The first kappa shape index (κ1) is 22.6. The SMILES string of the molecule is Cc1ccc2c(c1C)NC(=O)[C@]21[NH2+][C@@H](CCC(=O)[O-])[C@H]2C(=O)N(Cc3ccccc3Cl)C(=O)[C@H]21. The molecule has 2 saturated heterocycles. The third-order valence-corrected chi connectivity index (χ3v) is 8.00. The standard InChI is InChI=1S/C25H24ClN3O5/c1-12-7-8-15-21(13(12)2)27-24(34)25(15)20-19(17(28-25)9-10-18(30)31)22(32)29(23(20)33)11-14-5-3-4-6-16(14)26/h3-8,17,19-20,28H,9-11H2,1-2H3,(H,27,34)(H,30,31)/t17-,19+,20-,25-/m0/s1. The number of carbonyl (C=O) groups excluding carboxylic acids is 4. The smallest absolute Gasteiger partial charge is 0.291 e. The van der Waals surface area contributed by atoms with Crippen molar-refractivity contribution < 1.29 is 29.6 Å². The van der Waals surface area contributed by atoms with Crippen LogP contribution < -0.4 is 15.7 Å². The minimum atomic E-state index is -1.34. The number of benzene rings is 2. The first-order valence-electron chi connectivity index (χ1n) is 11.2. The molecule has 2 fully saturated rings. The van der Waals surface area contributed by atoms with Crippen molar-refractivity contribution in [2.24, 2.45) is 11.8 Å². The molecule has 3 heterocycles. The predicted molar refractivity (Wildman–Crippen MR) is 120 cm³/mol. The summed E-state index contributed by atoms with van der Waals surface area (Å²) in [5.41, 5.74) is 2.50. The summed E-state index contributed by atoms with van der Waals surface area (Å²) in [6.07, 6.45) is -0.161. The highest BCUT2D eigenvalue weighted by molar-refractivity contribution is 6.31. The molecule has 2 aromatic carbocycles. The van der Waals surface area contributed by atoms with Crippen LogP contribution in [0.2, 0.25) is 5.02 Å². The maximum absolute atomic E-state index is 13.8. The lowest BCUT2D eigenvalue weighted by Gasteiger charge is -2.26. The van der Waals surface area contributed by atoms with Gasteiger partial charge in [-0.05, 0) is 49.1 Å². The van der Waals surface area contributed by atoms with E-state index in [1.807, 2.05) is 26.0 Å². The molecular formula is C25H24ClN3O5. The van der Waals surface area contributed by atoms with E-state index in [4.69, 9.17) is 11.6 Å². The fourth-order valence-corrected chi connectivity index (χ4v) is 6.04. The van der Waals surface area contributed by atoms with Crippen LogP contribution in [-0.4, -0.2) is 34.6 Å². The number of hydrogen-bond acceptors (Lipinski definition) is 5. The lowest BCUT2D eigenvalue weighted by atomic mass is 9.76. The Morgan fingerprint density at radius 1 is 1.15 bits per heavy atom. The molecular weight excluding hydrogens is 458 g/mol. The van der Waals surface area contributed by atoms with Gasteiger partial charge in [0.2, 0.25) is 17.4 Å². The fraction of sp³-hybridized carbons (Fsp3) is 0.360. The molecule has 34 heavy (non-hydrogen) atoms. The topological polar surface area (TPSA) is 123 Å². The molecule has 3 aliphatic heterocycles. The van der Waals surface area contributed by atoms with E-state index >= 15 is 0 Å². The Bertz CT molecular complexity index is 1260. The minimum Gasteiger partial charge on any atom is -0.550 e.